The molecule has 21 heavy (non-hydrogen) atoms. The maximum atomic E-state index is 12.6. The van der Waals surface area contributed by atoms with Gasteiger partial charge in [-0.15, -0.1) is 0 Å². The molecule has 1 saturated heterocycles. The van der Waals surface area contributed by atoms with Crippen LogP contribution >= 0.6 is 0 Å². The fourth-order valence-corrected chi connectivity index (χ4v) is 2.77. The van der Waals surface area contributed by atoms with Gasteiger partial charge in [-0.1, -0.05) is 50.1 Å². The average Bonchev–Trinajstić information content (AvgIpc) is 2.95. The van der Waals surface area contributed by atoms with Crippen molar-refractivity contribution in [3.63, 3.8) is 0 Å². The van der Waals surface area contributed by atoms with Crippen molar-refractivity contribution in [3.05, 3.63) is 84.9 Å². The largest absolute Gasteiger partial charge is 0.491 e. The van der Waals surface area contributed by atoms with E-state index in [0.717, 1.165) is 16.8 Å². The molecular formula is C18H19NO2. The van der Waals surface area contributed by atoms with Crippen molar-refractivity contribution in [2.45, 2.75) is 6.92 Å². The highest BCUT2D eigenvalue weighted by Gasteiger charge is 2.55. The van der Waals surface area contributed by atoms with Crippen LogP contribution in [0.2, 0.25) is 0 Å². The van der Waals surface area contributed by atoms with Gasteiger partial charge in [-0.3, -0.25) is 4.79 Å². The average molecular weight is 281 g/mol. The van der Waals surface area contributed by atoms with Gasteiger partial charge in [-0.2, -0.15) is 0 Å². The van der Waals surface area contributed by atoms with Crippen LogP contribution in [0.1, 0.15) is 6.92 Å². The molecule has 3 heteroatoms. The summed E-state index contributed by atoms with van der Waals surface area (Å²) >= 11 is 0. The molecule has 2 rings (SSSR count). The Labute approximate surface area is 125 Å². The van der Waals surface area contributed by atoms with E-state index in [1.165, 1.54) is 0 Å². The minimum Gasteiger partial charge on any atom is -0.491 e. The van der Waals surface area contributed by atoms with E-state index in [9.17, 15) is 4.79 Å². The molecule has 0 bridgehead atoms. The van der Waals surface area contributed by atoms with Gasteiger partial charge in [0.25, 0.3) is 0 Å². The zero-order valence-corrected chi connectivity index (χ0v) is 12.2. The summed E-state index contributed by atoms with van der Waals surface area (Å²) in [6.07, 6.45) is 12.3. The van der Waals surface area contributed by atoms with Crippen LogP contribution in [-0.2, 0) is 9.53 Å². The molecule has 2 aliphatic heterocycles. The second-order valence-electron chi connectivity index (χ2n) is 4.76. The smallest absolute Gasteiger partial charge is 0.243 e. The molecule has 2 aliphatic rings. The highest BCUT2D eigenvalue weighted by atomic mass is 16.5. The third kappa shape index (κ3) is 2.11. The fraction of sp³-hybridized carbons (Fsp3) is 0.167. The Morgan fingerprint density at radius 2 is 1.95 bits per heavy atom. The van der Waals surface area contributed by atoms with E-state index in [1.807, 2.05) is 25.2 Å². The van der Waals surface area contributed by atoms with Crippen LogP contribution in [0.5, 0.6) is 0 Å². The van der Waals surface area contributed by atoms with Crippen LogP contribution < -0.4 is 5.32 Å². The van der Waals surface area contributed by atoms with Gasteiger partial charge in [-0.05, 0) is 24.6 Å². The Balaban J connectivity index is 2.70. The SMILES string of the molecule is C=CC=C1/C(=C\C=C)NC(=O)[C@@]12COC(/C=C\C)=C2C=C. The van der Waals surface area contributed by atoms with E-state index in [4.69, 9.17) is 4.74 Å². The summed E-state index contributed by atoms with van der Waals surface area (Å²) in [5.41, 5.74) is 1.47. The highest BCUT2D eigenvalue weighted by Crippen LogP contribution is 2.50. The predicted molar refractivity (Wildman–Crippen MR) is 85.1 cm³/mol. The van der Waals surface area contributed by atoms with Crippen molar-refractivity contribution in [1.29, 1.82) is 0 Å². The second kappa shape index (κ2) is 5.83. The van der Waals surface area contributed by atoms with Crippen LogP contribution in [-0.4, -0.2) is 12.5 Å². The second-order valence-corrected chi connectivity index (χ2v) is 4.76. The maximum absolute atomic E-state index is 12.6. The lowest BCUT2D eigenvalue weighted by atomic mass is 9.75. The van der Waals surface area contributed by atoms with Gasteiger partial charge in [0, 0.05) is 11.3 Å². The quantitative estimate of drug-likeness (QED) is 0.858. The summed E-state index contributed by atoms with van der Waals surface area (Å²) in [5, 5.41) is 2.90. The molecule has 108 valence electrons. The summed E-state index contributed by atoms with van der Waals surface area (Å²) in [4.78, 5) is 12.6. The van der Waals surface area contributed by atoms with Crippen molar-refractivity contribution in [2.24, 2.45) is 5.41 Å². The number of hydrogen-bond acceptors (Lipinski definition) is 2. The Hall–Kier alpha value is -2.55. The molecule has 3 nitrogen and oxygen atoms in total. The van der Waals surface area contributed by atoms with Crippen molar-refractivity contribution in [1.82, 2.24) is 5.32 Å². The first kappa shape index (κ1) is 14.9. The summed E-state index contributed by atoms with van der Waals surface area (Å²) in [6, 6.07) is 0. The van der Waals surface area contributed by atoms with E-state index in [1.54, 1.807) is 24.3 Å². The van der Waals surface area contributed by atoms with E-state index in [2.05, 4.69) is 25.1 Å². The molecule has 0 aliphatic carbocycles. The third-order valence-electron chi connectivity index (χ3n) is 3.65. The van der Waals surface area contributed by atoms with Crippen LogP contribution in [0.25, 0.3) is 0 Å². The Kier molecular flexibility index (Phi) is 4.13. The third-order valence-corrected chi connectivity index (χ3v) is 3.65. The van der Waals surface area contributed by atoms with Crippen molar-refractivity contribution < 1.29 is 9.53 Å². The van der Waals surface area contributed by atoms with Gasteiger partial charge in [0.2, 0.25) is 5.91 Å². The molecule has 1 atom stereocenters. The minimum absolute atomic E-state index is 0.113. The summed E-state index contributed by atoms with van der Waals surface area (Å²) in [7, 11) is 0. The molecule has 1 amide bonds. The molecule has 0 radical (unpaired) electrons. The highest BCUT2D eigenvalue weighted by molar-refractivity contribution is 5.98. The van der Waals surface area contributed by atoms with E-state index < -0.39 is 5.41 Å². The number of nitrogens with one attached hydrogen (secondary N) is 1. The lowest BCUT2D eigenvalue weighted by Gasteiger charge is -2.21. The Bertz CT molecular complexity index is 632. The summed E-state index contributed by atoms with van der Waals surface area (Å²) in [5.74, 6) is 0.565. The first-order valence-corrected chi connectivity index (χ1v) is 6.76. The molecule has 1 fully saturated rings. The number of hydrogen-bond donors (Lipinski definition) is 1. The lowest BCUT2D eigenvalue weighted by Crippen LogP contribution is -2.34. The minimum atomic E-state index is -0.861. The summed E-state index contributed by atoms with van der Waals surface area (Å²) in [6.45, 7) is 13.4. The molecule has 0 unspecified atom stereocenters. The predicted octanol–water partition coefficient (Wildman–Crippen LogP) is 3.33. The van der Waals surface area contributed by atoms with Crippen LogP contribution in [0.4, 0.5) is 0 Å². The van der Waals surface area contributed by atoms with Gasteiger partial charge in [0.1, 0.15) is 17.8 Å². The zero-order chi connectivity index (χ0) is 15.5. The monoisotopic (exact) mass is 281 g/mol. The summed E-state index contributed by atoms with van der Waals surface area (Å²) < 4.78 is 5.74. The number of allylic oxidation sites excluding steroid dienone is 8. The fourth-order valence-electron chi connectivity index (χ4n) is 2.77. The zero-order valence-electron chi connectivity index (χ0n) is 12.2. The Morgan fingerprint density at radius 1 is 1.24 bits per heavy atom. The first-order valence-electron chi connectivity index (χ1n) is 6.76. The van der Waals surface area contributed by atoms with Gasteiger partial charge in [0.05, 0.1) is 0 Å². The molecule has 1 spiro atoms. The number of carbonyl (C=O) groups is 1. The maximum Gasteiger partial charge on any atom is 0.243 e. The first-order chi connectivity index (χ1) is 10.1. The molecule has 0 aromatic rings. The van der Waals surface area contributed by atoms with Crippen LogP contribution in [0.15, 0.2) is 84.9 Å². The Morgan fingerprint density at radius 3 is 2.52 bits per heavy atom. The number of carbonyl (C=O) groups excluding carboxylic acids is 1. The van der Waals surface area contributed by atoms with Crippen molar-refractivity contribution in [3.8, 4) is 0 Å². The topological polar surface area (TPSA) is 38.3 Å². The molecule has 1 N–H and O–H groups in total. The normalized spacial score (nSPS) is 28.5. The molecule has 0 aromatic heterocycles. The number of ether oxygens (including phenoxy) is 1. The standard InChI is InChI=1S/C18H19NO2/c1-5-9-14-15(10-6-2)19-17(20)18(14)12-21-16(11-7-3)13(18)8-4/h5-11H,1-2,4,12H2,3H3,(H,19,20)/b11-7-,14-9?,15-10+/t18-/m1/s1. The van der Waals surface area contributed by atoms with Crippen LogP contribution in [0.3, 0.4) is 0 Å². The van der Waals surface area contributed by atoms with Gasteiger partial charge in [-0.25, -0.2) is 0 Å². The van der Waals surface area contributed by atoms with E-state index >= 15 is 0 Å². The molecule has 2 heterocycles. The molecule has 0 saturated carbocycles. The van der Waals surface area contributed by atoms with Crippen molar-refractivity contribution >= 4 is 5.91 Å². The molecule has 0 aromatic carbocycles. The lowest BCUT2D eigenvalue weighted by molar-refractivity contribution is -0.125. The molecular weight excluding hydrogens is 262 g/mol. The van der Waals surface area contributed by atoms with Crippen LogP contribution in [0, 0.1) is 5.41 Å². The van der Waals surface area contributed by atoms with E-state index in [0.29, 0.717) is 5.76 Å². The van der Waals surface area contributed by atoms with E-state index in [-0.39, 0.29) is 12.5 Å². The van der Waals surface area contributed by atoms with Crippen molar-refractivity contribution in [2.75, 3.05) is 6.61 Å². The number of amides is 1. The van der Waals surface area contributed by atoms with Gasteiger partial charge < -0.3 is 10.1 Å². The van der Waals surface area contributed by atoms with Gasteiger partial charge in [0.15, 0.2) is 0 Å². The number of rotatable bonds is 4. The van der Waals surface area contributed by atoms with Gasteiger partial charge >= 0.3 is 0 Å².